The van der Waals surface area contributed by atoms with Crippen molar-refractivity contribution >= 4 is 52.0 Å². The number of hydrogen-bond donors (Lipinski definition) is 5. The van der Waals surface area contributed by atoms with E-state index in [4.69, 9.17) is 4.74 Å². The van der Waals surface area contributed by atoms with Gasteiger partial charge in [-0.2, -0.15) is 0 Å². The third-order valence-electron chi connectivity index (χ3n) is 8.90. The van der Waals surface area contributed by atoms with Crippen LogP contribution in [0.3, 0.4) is 0 Å². The number of anilines is 1. The van der Waals surface area contributed by atoms with Crippen molar-refractivity contribution in [1.82, 2.24) is 25.8 Å². The normalized spacial score (nSPS) is 15.5. The first-order valence-electron chi connectivity index (χ1n) is 17.0. The van der Waals surface area contributed by atoms with Gasteiger partial charge < -0.3 is 25.7 Å². The van der Waals surface area contributed by atoms with Crippen molar-refractivity contribution in [1.29, 1.82) is 0 Å². The number of H-pyrrole nitrogens is 1. The van der Waals surface area contributed by atoms with Gasteiger partial charge in [-0.15, -0.1) is 0 Å². The molecule has 2 aromatic carbocycles. The number of benzene rings is 2. The minimum atomic E-state index is -1.08. The van der Waals surface area contributed by atoms with Gasteiger partial charge in [-0.1, -0.05) is 44.6 Å². The first-order valence-corrected chi connectivity index (χ1v) is 17.0. The summed E-state index contributed by atoms with van der Waals surface area (Å²) in [7, 11) is 1.49. The predicted molar refractivity (Wildman–Crippen MR) is 185 cm³/mol. The Morgan fingerprint density at radius 1 is 0.900 bits per heavy atom. The lowest BCUT2D eigenvalue weighted by atomic mass is 10.0. The highest BCUT2D eigenvalue weighted by molar-refractivity contribution is 6.24. The van der Waals surface area contributed by atoms with Crippen LogP contribution in [0.4, 0.5) is 5.69 Å². The van der Waals surface area contributed by atoms with E-state index in [0.29, 0.717) is 17.4 Å². The number of aromatic nitrogens is 1. The molecule has 3 aromatic rings. The number of nitrogens with zero attached hydrogens (tertiary/aromatic N) is 1. The zero-order valence-electron chi connectivity index (χ0n) is 28.0. The lowest BCUT2D eigenvalue weighted by Crippen LogP contribution is -2.54. The van der Waals surface area contributed by atoms with Gasteiger partial charge in [0.05, 0.1) is 11.1 Å². The summed E-state index contributed by atoms with van der Waals surface area (Å²) >= 11 is 0. The highest BCUT2D eigenvalue weighted by atomic mass is 16.5. The molecule has 1 aromatic heterocycles. The van der Waals surface area contributed by atoms with E-state index in [-0.39, 0.29) is 53.2 Å². The van der Waals surface area contributed by atoms with Crippen molar-refractivity contribution in [2.45, 2.75) is 70.3 Å². The molecule has 0 saturated carbocycles. The summed E-state index contributed by atoms with van der Waals surface area (Å²) in [5, 5.41) is 11.3. The first-order chi connectivity index (χ1) is 24.2. The second-order valence-corrected chi connectivity index (χ2v) is 12.4. The van der Waals surface area contributed by atoms with Crippen LogP contribution in [0.15, 0.2) is 47.4 Å². The first kappa shape index (κ1) is 35.8. The Balaban J connectivity index is 0.922. The molecule has 2 aliphatic rings. The summed E-state index contributed by atoms with van der Waals surface area (Å²) in [4.78, 5) is 90.8. The van der Waals surface area contributed by atoms with Crippen LogP contribution in [0.5, 0.6) is 5.75 Å². The number of unbranched alkanes of at least 4 members (excludes halogenated alkanes) is 7. The van der Waals surface area contributed by atoms with Gasteiger partial charge in [-0.3, -0.25) is 43.8 Å². The maximum absolute atomic E-state index is 13.2. The lowest BCUT2D eigenvalue weighted by Gasteiger charge is -2.27. The van der Waals surface area contributed by atoms with Crippen molar-refractivity contribution in [3.8, 4) is 5.75 Å². The molecule has 2 aliphatic heterocycles. The molecular formula is C36H42N6O8. The van der Waals surface area contributed by atoms with Gasteiger partial charge in [0.25, 0.3) is 23.6 Å². The molecule has 0 bridgehead atoms. The number of carbonyl (C=O) groups excluding carboxylic acids is 6. The maximum atomic E-state index is 13.2. The zero-order valence-corrected chi connectivity index (χ0v) is 28.0. The molecule has 1 unspecified atom stereocenters. The Morgan fingerprint density at radius 3 is 2.34 bits per heavy atom. The van der Waals surface area contributed by atoms with Crippen LogP contribution in [0.25, 0.3) is 10.9 Å². The molecule has 5 rings (SSSR count). The second kappa shape index (κ2) is 16.7. The SMILES string of the molecule is CNC(=O)c1c[nH]c2ccc(NCCCCCCCCCCNC(=O)COc3cccc4c3C(=O)N(C3CCC(=O)NC3=O)C4=O)cc2c1=O. The fourth-order valence-electron chi connectivity index (χ4n) is 6.20. The average molecular weight is 687 g/mol. The third kappa shape index (κ3) is 8.36. The van der Waals surface area contributed by atoms with Gasteiger partial charge in [0, 0.05) is 49.3 Å². The summed E-state index contributed by atoms with van der Waals surface area (Å²) in [6.45, 7) is 0.947. The van der Waals surface area contributed by atoms with Crippen LogP contribution in [0.2, 0.25) is 0 Å². The summed E-state index contributed by atoms with van der Waals surface area (Å²) in [5.41, 5.74) is 1.40. The Labute approximate surface area is 288 Å². The van der Waals surface area contributed by atoms with Gasteiger partial charge in [0.1, 0.15) is 17.4 Å². The molecule has 1 atom stereocenters. The number of piperidine rings is 1. The Morgan fingerprint density at radius 2 is 1.62 bits per heavy atom. The highest BCUT2D eigenvalue weighted by Crippen LogP contribution is 2.33. The van der Waals surface area contributed by atoms with E-state index in [9.17, 15) is 33.6 Å². The molecule has 14 nitrogen and oxygen atoms in total. The number of imide groups is 2. The van der Waals surface area contributed by atoms with Crippen LogP contribution in [-0.2, 0) is 14.4 Å². The quantitative estimate of drug-likeness (QED) is 0.105. The number of amides is 6. The predicted octanol–water partition coefficient (Wildman–Crippen LogP) is 3.02. The molecule has 0 aliphatic carbocycles. The van der Waals surface area contributed by atoms with Crippen molar-refractivity contribution in [2.24, 2.45) is 0 Å². The summed E-state index contributed by atoms with van der Waals surface area (Å²) in [6, 6.07) is 8.95. The van der Waals surface area contributed by atoms with Crippen molar-refractivity contribution in [2.75, 3.05) is 32.1 Å². The number of ether oxygens (including phenoxy) is 1. The second-order valence-electron chi connectivity index (χ2n) is 12.4. The smallest absolute Gasteiger partial charge is 0.266 e. The number of hydrogen-bond acceptors (Lipinski definition) is 9. The average Bonchev–Trinajstić information content (AvgIpc) is 3.37. The summed E-state index contributed by atoms with van der Waals surface area (Å²) in [5.74, 6) is -3.15. The number of rotatable bonds is 17. The third-order valence-corrected chi connectivity index (χ3v) is 8.90. The van der Waals surface area contributed by atoms with Crippen LogP contribution in [0.1, 0.15) is 95.3 Å². The van der Waals surface area contributed by atoms with Crippen LogP contribution < -0.4 is 31.4 Å². The number of carbonyl (C=O) groups is 6. The van der Waals surface area contributed by atoms with Crippen LogP contribution in [-0.4, -0.2) is 78.1 Å². The number of aromatic amines is 1. The van der Waals surface area contributed by atoms with E-state index in [1.54, 1.807) is 12.1 Å². The Bertz CT molecular complexity index is 1850. The van der Waals surface area contributed by atoms with Gasteiger partial charge in [0.2, 0.25) is 17.2 Å². The van der Waals surface area contributed by atoms with E-state index < -0.39 is 35.6 Å². The fraction of sp³-hybridized carbons (Fsp3) is 0.417. The maximum Gasteiger partial charge on any atom is 0.266 e. The highest BCUT2D eigenvalue weighted by Gasteiger charge is 2.46. The molecule has 1 saturated heterocycles. The molecule has 50 heavy (non-hydrogen) atoms. The van der Waals surface area contributed by atoms with E-state index >= 15 is 0 Å². The van der Waals surface area contributed by atoms with Crippen molar-refractivity contribution in [3.63, 3.8) is 0 Å². The van der Waals surface area contributed by atoms with Crippen molar-refractivity contribution in [3.05, 3.63) is 69.5 Å². The number of pyridine rings is 1. The largest absolute Gasteiger partial charge is 0.483 e. The Kier molecular flexibility index (Phi) is 12.0. The molecule has 5 N–H and O–H groups in total. The van der Waals surface area contributed by atoms with Crippen molar-refractivity contribution < 1.29 is 33.5 Å². The molecule has 264 valence electrons. The molecule has 0 spiro atoms. The van der Waals surface area contributed by atoms with Gasteiger partial charge in [-0.05, 0) is 49.6 Å². The monoisotopic (exact) mass is 686 g/mol. The number of fused-ring (bicyclic) bond motifs is 2. The van der Waals surface area contributed by atoms with Gasteiger partial charge in [-0.25, -0.2) is 0 Å². The summed E-state index contributed by atoms with van der Waals surface area (Å²) < 4.78 is 5.62. The molecule has 3 heterocycles. The molecule has 6 amide bonds. The molecule has 14 heteroatoms. The van der Waals surface area contributed by atoms with Gasteiger partial charge in [0.15, 0.2) is 6.61 Å². The summed E-state index contributed by atoms with van der Waals surface area (Å²) in [6.07, 6.45) is 9.79. The lowest BCUT2D eigenvalue weighted by molar-refractivity contribution is -0.136. The minimum Gasteiger partial charge on any atom is -0.483 e. The van der Waals surface area contributed by atoms with Crippen LogP contribution in [0, 0.1) is 0 Å². The number of nitrogens with one attached hydrogen (secondary N) is 5. The van der Waals surface area contributed by atoms with E-state index in [2.05, 4.69) is 26.3 Å². The molecular weight excluding hydrogens is 644 g/mol. The van der Waals surface area contributed by atoms with Gasteiger partial charge >= 0.3 is 0 Å². The van der Waals surface area contributed by atoms with Crippen LogP contribution >= 0.6 is 0 Å². The van der Waals surface area contributed by atoms with E-state index in [0.717, 1.165) is 68.5 Å². The zero-order chi connectivity index (χ0) is 35.6. The minimum absolute atomic E-state index is 0.00703. The fourth-order valence-corrected chi connectivity index (χ4v) is 6.20. The molecule has 0 radical (unpaired) electrons. The van der Waals surface area contributed by atoms with E-state index in [1.165, 1.54) is 25.4 Å². The molecule has 1 fully saturated rings. The Hall–Kier alpha value is -5.53. The topological polar surface area (TPSA) is 196 Å². The standard InChI is InChI=1S/C36H42N6O8/c1-37-33(46)25-20-40-26-14-13-22(19-24(26)32(25)45)38-17-8-6-4-2-3-5-7-9-18-39-30(44)21-50-28-12-10-11-23-31(28)36(49)42(35(23)48)27-15-16-29(43)41-34(27)47/h10-14,19-20,27,38H,2-9,15-18,21H2,1H3,(H,37,46)(H,39,44)(H,40,45)(H,41,43,47). The van der Waals surface area contributed by atoms with E-state index in [1.807, 2.05) is 12.1 Å².